The van der Waals surface area contributed by atoms with E-state index in [1.807, 2.05) is 0 Å². The second-order valence-electron chi connectivity index (χ2n) is 5.33. The van der Waals surface area contributed by atoms with Crippen LogP contribution in [-0.4, -0.2) is 13.1 Å². The lowest BCUT2D eigenvalue weighted by Crippen LogP contribution is -2.63. The van der Waals surface area contributed by atoms with Crippen LogP contribution in [0.2, 0.25) is 0 Å². The number of piperidine rings is 2. The van der Waals surface area contributed by atoms with Crippen molar-refractivity contribution in [3.8, 4) is 0 Å². The fourth-order valence-electron chi connectivity index (χ4n) is 3.26. The van der Waals surface area contributed by atoms with Crippen LogP contribution in [0.4, 0.5) is 0 Å². The van der Waals surface area contributed by atoms with Gasteiger partial charge in [0.2, 0.25) is 0 Å². The minimum absolute atomic E-state index is 0.675. The zero-order valence-electron chi connectivity index (χ0n) is 8.61. The molecular formula is C11H21N. The van der Waals surface area contributed by atoms with Gasteiger partial charge >= 0.3 is 0 Å². The summed E-state index contributed by atoms with van der Waals surface area (Å²) in [4.78, 5) is 0. The Morgan fingerprint density at radius 1 is 1.25 bits per heavy atom. The topological polar surface area (TPSA) is 12.0 Å². The van der Waals surface area contributed by atoms with E-state index < -0.39 is 0 Å². The Bertz CT molecular complexity index is 177. The molecule has 2 saturated heterocycles. The summed E-state index contributed by atoms with van der Waals surface area (Å²) in [5.41, 5.74) is 1.37. The predicted molar refractivity (Wildman–Crippen MR) is 52.1 cm³/mol. The first-order valence-electron chi connectivity index (χ1n) is 5.33. The van der Waals surface area contributed by atoms with Gasteiger partial charge in [-0.3, -0.25) is 0 Å². The number of fused-ring (bicyclic) bond motifs is 2. The van der Waals surface area contributed by atoms with Gasteiger partial charge in [0.25, 0.3) is 0 Å². The van der Waals surface area contributed by atoms with Crippen LogP contribution in [0.1, 0.15) is 40.0 Å². The molecule has 0 unspecified atom stereocenters. The van der Waals surface area contributed by atoms with Crippen LogP contribution in [0.5, 0.6) is 0 Å². The van der Waals surface area contributed by atoms with Crippen molar-refractivity contribution >= 4 is 0 Å². The summed E-state index contributed by atoms with van der Waals surface area (Å²) in [5, 5.41) is 3.60. The highest BCUT2D eigenvalue weighted by atomic mass is 15.0. The summed E-state index contributed by atoms with van der Waals surface area (Å²) >= 11 is 0. The van der Waals surface area contributed by atoms with Crippen LogP contribution in [0.3, 0.4) is 0 Å². The summed E-state index contributed by atoms with van der Waals surface area (Å²) < 4.78 is 0. The zero-order chi connectivity index (χ0) is 8.82. The van der Waals surface area contributed by atoms with Gasteiger partial charge in [0.15, 0.2) is 0 Å². The van der Waals surface area contributed by atoms with E-state index in [0.29, 0.717) is 10.8 Å². The predicted octanol–water partition coefficient (Wildman–Crippen LogP) is 2.42. The molecule has 0 aromatic heterocycles. The molecule has 2 bridgehead atoms. The largest absolute Gasteiger partial charge is 0.316 e. The molecule has 70 valence electrons. The molecule has 0 radical (unpaired) electrons. The van der Waals surface area contributed by atoms with Crippen LogP contribution >= 0.6 is 0 Å². The third-order valence-corrected chi connectivity index (χ3v) is 4.41. The van der Waals surface area contributed by atoms with E-state index in [1.165, 1.54) is 32.4 Å². The van der Waals surface area contributed by atoms with E-state index in [2.05, 4.69) is 26.1 Å². The summed E-state index contributed by atoms with van der Waals surface area (Å²) in [6, 6.07) is 0. The Morgan fingerprint density at radius 2 is 1.92 bits per heavy atom. The van der Waals surface area contributed by atoms with Crippen molar-refractivity contribution in [2.75, 3.05) is 13.1 Å². The molecule has 12 heavy (non-hydrogen) atoms. The van der Waals surface area contributed by atoms with Gasteiger partial charge in [-0.1, -0.05) is 20.8 Å². The number of hydrogen-bond acceptors (Lipinski definition) is 1. The summed E-state index contributed by atoms with van der Waals surface area (Å²) in [5.74, 6) is 0.866. The normalized spacial score (nSPS) is 46.0. The van der Waals surface area contributed by atoms with Crippen molar-refractivity contribution in [1.29, 1.82) is 0 Å². The van der Waals surface area contributed by atoms with Gasteiger partial charge in [-0.15, -0.1) is 0 Å². The molecular weight excluding hydrogens is 146 g/mol. The van der Waals surface area contributed by atoms with Gasteiger partial charge in [0.05, 0.1) is 0 Å². The molecule has 1 N–H and O–H groups in total. The molecule has 1 saturated carbocycles. The maximum Gasteiger partial charge on any atom is 0.00109 e. The number of hydrogen-bond donors (Lipinski definition) is 1. The highest BCUT2D eigenvalue weighted by molar-refractivity contribution is 5.09. The van der Waals surface area contributed by atoms with E-state index in [9.17, 15) is 0 Å². The first-order valence-corrected chi connectivity index (χ1v) is 5.33. The quantitative estimate of drug-likeness (QED) is 0.666. The molecule has 0 atom stereocenters. The Hall–Kier alpha value is -0.0400. The van der Waals surface area contributed by atoms with Gasteiger partial charge in [0, 0.05) is 13.1 Å². The van der Waals surface area contributed by atoms with Crippen molar-refractivity contribution in [1.82, 2.24) is 5.32 Å². The third kappa shape index (κ3) is 0.953. The lowest BCUT2D eigenvalue weighted by atomic mass is 9.46. The van der Waals surface area contributed by atoms with Gasteiger partial charge in [-0.25, -0.2) is 0 Å². The summed E-state index contributed by atoms with van der Waals surface area (Å²) in [6.45, 7) is 9.65. The molecule has 1 aliphatic carbocycles. The average molecular weight is 167 g/mol. The van der Waals surface area contributed by atoms with Gasteiger partial charge in [0.1, 0.15) is 0 Å². The zero-order valence-corrected chi connectivity index (χ0v) is 8.61. The van der Waals surface area contributed by atoms with Crippen molar-refractivity contribution in [3.05, 3.63) is 0 Å². The monoisotopic (exact) mass is 167 g/mol. The Labute approximate surface area is 75.9 Å². The van der Waals surface area contributed by atoms with E-state index in [0.717, 1.165) is 5.92 Å². The Morgan fingerprint density at radius 3 is 2.42 bits per heavy atom. The first-order chi connectivity index (χ1) is 5.63. The molecule has 0 amide bonds. The number of rotatable bonds is 2. The molecule has 2 aliphatic heterocycles. The molecule has 1 nitrogen and oxygen atoms in total. The van der Waals surface area contributed by atoms with Crippen LogP contribution in [0.15, 0.2) is 0 Å². The molecule has 0 spiro atoms. The molecule has 3 rings (SSSR count). The van der Waals surface area contributed by atoms with E-state index in [1.54, 1.807) is 0 Å². The second kappa shape index (κ2) is 2.47. The molecule has 3 fully saturated rings. The van der Waals surface area contributed by atoms with Crippen molar-refractivity contribution in [3.63, 3.8) is 0 Å². The van der Waals surface area contributed by atoms with Crippen molar-refractivity contribution < 1.29 is 0 Å². The van der Waals surface area contributed by atoms with E-state index in [-0.39, 0.29) is 0 Å². The van der Waals surface area contributed by atoms with Gasteiger partial charge in [-0.2, -0.15) is 0 Å². The smallest absolute Gasteiger partial charge is 0.00109 e. The van der Waals surface area contributed by atoms with Gasteiger partial charge in [-0.05, 0) is 36.0 Å². The van der Waals surface area contributed by atoms with Crippen LogP contribution in [0.25, 0.3) is 0 Å². The molecule has 2 heterocycles. The second-order valence-corrected chi connectivity index (χ2v) is 5.33. The Balaban J connectivity index is 2.08. The molecule has 1 heteroatoms. The summed E-state index contributed by atoms with van der Waals surface area (Å²) in [7, 11) is 0. The maximum absolute atomic E-state index is 3.60. The lowest BCUT2D eigenvalue weighted by molar-refractivity contribution is -0.108. The fourth-order valence-corrected chi connectivity index (χ4v) is 3.26. The summed E-state index contributed by atoms with van der Waals surface area (Å²) in [6.07, 6.45) is 4.34. The maximum atomic E-state index is 3.60. The van der Waals surface area contributed by atoms with Crippen molar-refractivity contribution in [2.24, 2.45) is 16.7 Å². The molecule has 3 aliphatic rings. The molecule has 0 aromatic rings. The lowest BCUT2D eigenvalue weighted by Gasteiger charge is -2.63. The Kier molecular flexibility index (Phi) is 1.76. The van der Waals surface area contributed by atoms with Crippen LogP contribution < -0.4 is 5.32 Å². The van der Waals surface area contributed by atoms with E-state index >= 15 is 0 Å². The number of nitrogens with one attached hydrogen (secondary N) is 1. The van der Waals surface area contributed by atoms with Crippen molar-refractivity contribution in [2.45, 2.75) is 40.0 Å². The fraction of sp³-hybridized carbons (Fsp3) is 1.00. The third-order valence-electron chi connectivity index (χ3n) is 4.41. The van der Waals surface area contributed by atoms with E-state index in [4.69, 9.17) is 0 Å². The SMILES string of the molecule is CCC12CNCC(C(C)C)(C1)C2. The standard InChI is InChI=1S/C11H21N/c1-4-10-5-11(6-10,9(2)3)8-12-7-10/h9,12H,4-8H2,1-3H3. The minimum Gasteiger partial charge on any atom is -0.316 e. The minimum atomic E-state index is 0.675. The van der Waals surface area contributed by atoms with Gasteiger partial charge < -0.3 is 5.32 Å². The van der Waals surface area contributed by atoms with Crippen LogP contribution in [0, 0.1) is 16.7 Å². The average Bonchev–Trinajstić information content (AvgIpc) is 2.03. The van der Waals surface area contributed by atoms with Crippen LogP contribution in [-0.2, 0) is 0 Å². The highest BCUT2D eigenvalue weighted by Crippen LogP contribution is 2.61. The first kappa shape index (κ1) is 8.55. The highest BCUT2D eigenvalue weighted by Gasteiger charge is 2.57. The molecule has 0 aromatic carbocycles.